The number of nitrogens with one attached hydrogen (secondary N) is 2. The molecule has 1 aliphatic heterocycles. The van der Waals surface area contributed by atoms with Gasteiger partial charge < -0.3 is 10.2 Å². The van der Waals surface area contributed by atoms with E-state index in [0.29, 0.717) is 41.8 Å². The van der Waals surface area contributed by atoms with E-state index >= 15 is 0 Å². The van der Waals surface area contributed by atoms with Crippen LogP contribution in [0.25, 0.3) is 0 Å². The lowest BCUT2D eigenvalue weighted by Crippen LogP contribution is -3.19. The molecule has 0 saturated carbocycles. The van der Waals surface area contributed by atoms with Crippen LogP contribution in [0.1, 0.15) is 12.5 Å². The van der Waals surface area contributed by atoms with Gasteiger partial charge in [0, 0.05) is 10.7 Å². The highest BCUT2D eigenvalue weighted by molar-refractivity contribution is 7.89. The normalized spacial score (nSPS) is 17.2. The summed E-state index contributed by atoms with van der Waals surface area (Å²) < 4.78 is 27.0. The standard InChI is InChI=1S/C20H24ClN3O3S/c1-15-18(21)9-6-10-19(15)22-20(25)16(2)23-11-13-24(14-12-23)28(26,27)17-7-4-3-5-8-17/h3-10,16H,11-14H2,1-2H3,(H,22,25)/p+1/t16-/m1/s1. The Kier molecular flexibility index (Phi) is 6.40. The van der Waals surface area contributed by atoms with Gasteiger partial charge in [-0.25, -0.2) is 8.42 Å². The fraction of sp³-hybridized carbons (Fsp3) is 0.350. The highest BCUT2D eigenvalue weighted by Gasteiger charge is 2.34. The van der Waals surface area contributed by atoms with E-state index in [-0.39, 0.29) is 11.9 Å². The number of sulfonamides is 1. The van der Waals surface area contributed by atoms with Gasteiger partial charge in [-0.15, -0.1) is 0 Å². The van der Waals surface area contributed by atoms with E-state index < -0.39 is 10.0 Å². The molecule has 3 rings (SSSR count). The van der Waals surface area contributed by atoms with Crippen molar-refractivity contribution in [2.75, 3.05) is 31.5 Å². The molecule has 150 valence electrons. The van der Waals surface area contributed by atoms with E-state index in [9.17, 15) is 13.2 Å². The SMILES string of the molecule is Cc1c(Cl)cccc1NC(=O)[C@@H](C)[NH+]1CCN(S(=O)(=O)c2ccccc2)CC1. The van der Waals surface area contributed by atoms with E-state index in [2.05, 4.69) is 5.32 Å². The molecular formula is C20H25ClN3O3S+. The van der Waals surface area contributed by atoms with Crippen molar-refractivity contribution < 1.29 is 18.1 Å². The number of amides is 1. The molecule has 1 atom stereocenters. The zero-order valence-corrected chi connectivity index (χ0v) is 17.6. The van der Waals surface area contributed by atoms with Crippen LogP contribution >= 0.6 is 11.6 Å². The third kappa shape index (κ3) is 4.38. The van der Waals surface area contributed by atoms with Crippen LogP contribution in [0.4, 0.5) is 5.69 Å². The largest absolute Gasteiger partial charge is 0.323 e. The van der Waals surface area contributed by atoms with Crippen molar-refractivity contribution in [1.82, 2.24) is 4.31 Å². The van der Waals surface area contributed by atoms with E-state index in [1.165, 1.54) is 4.31 Å². The molecule has 2 aromatic rings. The lowest BCUT2D eigenvalue weighted by molar-refractivity contribution is -0.917. The molecule has 0 spiro atoms. The molecule has 0 radical (unpaired) electrons. The first-order valence-corrected chi connectivity index (χ1v) is 11.1. The lowest BCUT2D eigenvalue weighted by Gasteiger charge is -2.34. The van der Waals surface area contributed by atoms with Crippen molar-refractivity contribution in [3.05, 3.63) is 59.1 Å². The summed E-state index contributed by atoms with van der Waals surface area (Å²) in [6.45, 7) is 5.67. The van der Waals surface area contributed by atoms with Gasteiger partial charge in [0.1, 0.15) is 0 Å². The topological polar surface area (TPSA) is 70.9 Å². The summed E-state index contributed by atoms with van der Waals surface area (Å²) >= 11 is 6.12. The van der Waals surface area contributed by atoms with Crippen LogP contribution in [0.2, 0.25) is 5.02 Å². The molecule has 1 aliphatic rings. The number of anilines is 1. The van der Waals surface area contributed by atoms with Gasteiger partial charge in [-0.2, -0.15) is 4.31 Å². The maximum absolute atomic E-state index is 12.7. The molecule has 0 aliphatic carbocycles. The molecule has 2 N–H and O–H groups in total. The predicted octanol–water partition coefficient (Wildman–Crippen LogP) is 1.56. The fourth-order valence-electron chi connectivity index (χ4n) is 3.36. The molecule has 8 heteroatoms. The number of carbonyl (C=O) groups is 1. The molecule has 28 heavy (non-hydrogen) atoms. The Balaban J connectivity index is 1.61. The molecule has 2 aromatic carbocycles. The minimum Gasteiger partial charge on any atom is -0.323 e. The zero-order valence-electron chi connectivity index (χ0n) is 16.0. The van der Waals surface area contributed by atoms with Crippen LogP contribution < -0.4 is 10.2 Å². The number of halogens is 1. The number of carbonyl (C=O) groups excluding carboxylic acids is 1. The summed E-state index contributed by atoms with van der Waals surface area (Å²) in [7, 11) is -3.49. The van der Waals surface area contributed by atoms with Gasteiger partial charge in [-0.3, -0.25) is 4.79 Å². The second-order valence-corrected chi connectivity index (χ2v) is 9.34. The van der Waals surface area contributed by atoms with Crippen molar-refractivity contribution in [2.24, 2.45) is 0 Å². The van der Waals surface area contributed by atoms with Crippen LogP contribution in [-0.4, -0.2) is 50.9 Å². The first-order valence-electron chi connectivity index (χ1n) is 9.26. The summed E-state index contributed by atoms with van der Waals surface area (Å²) in [6.07, 6.45) is 0. The molecule has 1 saturated heterocycles. The minimum atomic E-state index is -3.49. The van der Waals surface area contributed by atoms with Crippen LogP contribution in [0, 0.1) is 6.92 Å². The maximum atomic E-state index is 12.7. The van der Waals surface area contributed by atoms with Crippen LogP contribution in [0.15, 0.2) is 53.4 Å². The second kappa shape index (κ2) is 8.61. The summed E-state index contributed by atoms with van der Waals surface area (Å²) in [6, 6.07) is 13.6. The molecule has 1 amide bonds. The number of benzene rings is 2. The Bertz CT molecular complexity index is 942. The molecular weight excluding hydrogens is 398 g/mol. The number of hydrogen-bond donors (Lipinski definition) is 2. The molecule has 6 nitrogen and oxygen atoms in total. The number of piperazine rings is 1. The Morgan fingerprint density at radius 3 is 2.39 bits per heavy atom. The van der Waals surface area contributed by atoms with Gasteiger partial charge in [0.25, 0.3) is 5.91 Å². The summed E-state index contributed by atoms with van der Waals surface area (Å²) in [5.41, 5.74) is 1.53. The number of nitrogens with zero attached hydrogens (tertiary/aromatic N) is 1. The Morgan fingerprint density at radius 2 is 1.75 bits per heavy atom. The first-order chi connectivity index (χ1) is 13.3. The predicted molar refractivity (Wildman–Crippen MR) is 110 cm³/mol. The summed E-state index contributed by atoms with van der Waals surface area (Å²) in [5, 5.41) is 3.55. The third-order valence-corrected chi connectivity index (χ3v) is 7.60. The Morgan fingerprint density at radius 1 is 1.11 bits per heavy atom. The smallest absolute Gasteiger partial charge is 0.282 e. The van der Waals surface area contributed by atoms with E-state index in [0.717, 1.165) is 10.5 Å². The van der Waals surface area contributed by atoms with Gasteiger partial charge in [-0.05, 0) is 43.7 Å². The highest BCUT2D eigenvalue weighted by Crippen LogP contribution is 2.23. The Hall–Kier alpha value is -1.93. The molecule has 1 fully saturated rings. The third-order valence-electron chi connectivity index (χ3n) is 5.28. The average Bonchev–Trinajstić information content (AvgIpc) is 2.71. The summed E-state index contributed by atoms with van der Waals surface area (Å²) in [5.74, 6) is -0.0975. The van der Waals surface area contributed by atoms with E-state index in [4.69, 9.17) is 11.6 Å². The van der Waals surface area contributed by atoms with Crippen molar-refractivity contribution in [2.45, 2.75) is 24.8 Å². The van der Waals surface area contributed by atoms with E-state index in [1.54, 1.807) is 42.5 Å². The van der Waals surface area contributed by atoms with Gasteiger partial charge in [0.2, 0.25) is 10.0 Å². The average molecular weight is 423 g/mol. The van der Waals surface area contributed by atoms with Gasteiger partial charge in [0.05, 0.1) is 31.1 Å². The minimum absolute atomic E-state index is 0.0975. The van der Waals surface area contributed by atoms with Gasteiger partial charge >= 0.3 is 0 Å². The quantitative estimate of drug-likeness (QED) is 0.768. The lowest BCUT2D eigenvalue weighted by atomic mass is 10.1. The molecule has 0 bridgehead atoms. The fourth-order valence-corrected chi connectivity index (χ4v) is 4.99. The number of rotatable bonds is 5. The second-order valence-electron chi connectivity index (χ2n) is 7.00. The zero-order chi connectivity index (χ0) is 20.3. The molecule has 0 unspecified atom stereocenters. The van der Waals surface area contributed by atoms with Crippen LogP contribution in [0.3, 0.4) is 0 Å². The van der Waals surface area contributed by atoms with Crippen molar-refractivity contribution in [3.63, 3.8) is 0 Å². The Labute approximate surface area is 171 Å². The summed E-state index contributed by atoms with van der Waals surface area (Å²) in [4.78, 5) is 14.0. The number of quaternary nitrogens is 1. The molecule has 0 aromatic heterocycles. The monoisotopic (exact) mass is 422 g/mol. The van der Waals surface area contributed by atoms with Crippen molar-refractivity contribution in [3.8, 4) is 0 Å². The van der Waals surface area contributed by atoms with Crippen molar-refractivity contribution >= 4 is 33.2 Å². The first kappa shape index (κ1) is 20.8. The van der Waals surface area contributed by atoms with Crippen LogP contribution in [0.5, 0.6) is 0 Å². The van der Waals surface area contributed by atoms with Crippen molar-refractivity contribution in [1.29, 1.82) is 0 Å². The van der Waals surface area contributed by atoms with Crippen LogP contribution in [-0.2, 0) is 14.8 Å². The number of hydrogen-bond acceptors (Lipinski definition) is 3. The maximum Gasteiger partial charge on any atom is 0.282 e. The van der Waals surface area contributed by atoms with Gasteiger partial charge in [-0.1, -0.05) is 35.9 Å². The van der Waals surface area contributed by atoms with Gasteiger partial charge in [0.15, 0.2) is 6.04 Å². The highest BCUT2D eigenvalue weighted by atomic mass is 35.5. The molecule has 1 heterocycles. The van der Waals surface area contributed by atoms with E-state index in [1.807, 2.05) is 19.9 Å².